The molecular weight excluding hydrogens is 186 g/mol. The van der Waals surface area contributed by atoms with Crippen LogP contribution >= 0.6 is 0 Å². The fourth-order valence-electron chi connectivity index (χ4n) is 1.57. The number of carbonyl (C=O) groups excluding carboxylic acids is 1. The minimum atomic E-state index is 0.345. The predicted molar refractivity (Wildman–Crippen MR) is 61.7 cm³/mol. The molecule has 1 rings (SSSR count). The van der Waals surface area contributed by atoms with E-state index in [0.717, 1.165) is 18.4 Å². The molecule has 15 heavy (non-hydrogen) atoms. The minimum Gasteiger partial charge on any atom is -0.299 e. The Hall–Kier alpha value is -1.18. The van der Waals surface area contributed by atoms with Crippen LogP contribution in [0.1, 0.15) is 44.6 Å². The van der Waals surface area contributed by atoms with E-state index in [1.54, 1.807) is 12.4 Å². The summed E-state index contributed by atoms with van der Waals surface area (Å²) in [6.45, 7) is 2.18. The molecule has 0 unspecified atom stereocenters. The van der Waals surface area contributed by atoms with Crippen LogP contribution in [0.4, 0.5) is 0 Å². The Bertz CT molecular complexity index is 282. The van der Waals surface area contributed by atoms with E-state index in [1.165, 1.54) is 19.3 Å². The lowest BCUT2D eigenvalue weighted by atomic mass is 10.0. The molecule has 1 aromatic heterocycles. The van der Waals surface area contributed by atoms with Gasteiger partial charge in [0.15, 0.2) is 0 Å². The number of unbranched alkanes of at least 4 members (excludes halogenated alkanes) is 3. The first-order chi connectivity index (χ1) is 7.33. The van der Waals surface area contributed by atoms with Crippen molar-refractivity contribution < 1.29 is 4.79 Å². The molecule has 0 saturated heterocycles. The molecule has 0 aliphatic rings. The lowest BCUT2D eigenvalue weighted by molar-refractivity contribution is -0.118. The molecule has 0 aliphatic heterocycles. The van der Waals surface area contributed by atoms with Gasteiger partial charge in [0.2, 0.25) is 0 Å². The van der Waals surface area contributed by atoms with Crippen LogP contribution in [0.3, 0.4) is 0 Å². The highest BCUT2D eigenvalue weighted by Gasteiger charge is 2.02. The topological polar surface area (TPSA) is 30.0 Å². The molecule has 0 atom stereocenters. The number of hydrogen-bond donors (Lipinski definition) is 0. The molecule has 0 spiro atoms. The molecule has 0 aliphatic carbocycles. The van der Waals surface area contributed by atoms with Gasteiger partial charge in [-0.15, -0.1) is 0 Å². The number of Topliss-reactive ketones (excluding diaryl/α,β-unsaturated/α-hetero) is 1. The highest BCUT2D eigenvalue weighted by atomic mass is 16.1. The molecule has 0 radical (unpaired) electrons. The summed E-state index contributed by atoms with van der Waals surface area (Å²) in [6.07, 6.45) is 9.44. The summed E-state index contributed by atoms with van der Waals surface area (Å²) in [4.78, 5) is 15.5. The summed E-state index contributed by atoms with van der Waals surface area (Å²) in [5.74, 6) is 0.345. The number of rotatable bonds is 7. The molecule has 82 valence electrons. The zero-order chi connectivity index (χ0) is 10.9. The second-order valence-corrected chi connectivity index (χ2v) is 3.88. The molecule has 2 heteroatoms. The Morgan fingerprint density at radius 2 is 1.93 bits per heavy atom. The van der Waals surface area contributed by atoms with Gasteiger partial charge in [-0.3, -0.25) is 9.78 Å². The van der Waals surface area contributed by atoms with Crippen molar-refractivity contribution in [3.05, 3.63) is 30.1 Å². The van der Waals surface area contributed by atoms with Gasteiger partial charge in [-0.2, -0.15) is 0 Å². The third-order valence-corrected chi connectivity index (χ3v) is 2.46. The summed E-state index contributed by atoms with van der Waals surface area (Å²) < 4.78 is 0. The van der Waals surface area contributed by atoms with Crippen molar-refractivity contribution >= 4 is 5.78 Å². The number of aromatic nitrogens is 1. The Morgan fingerprint density at radius 3 is 2.60 bits per heavy atom. The van der Waals surface area contributed by atoms with Crippen LogP contribution in [0, 0.1) is 0 Å². The number of carbonyl (C=O) groups is 1. The Labute approximate surface area is 91.7 Å². The lowest BCUT2D eigenvalue weighted by Crippen LogP contribution is -2.02. The summed E-state index contributed by atoms with van der Waals surface area (Å²) in [5.41, 5.74) is 1.07. The van der Waals surface area contributed by atoms with Crippen LogP contribution in [0.5, 0.6) is 0 Å². The summed E-state index contributed by atoms with van der Waals surface area (Å²) in [7, 11) is 0. The molecule has 0 fully saturated rings. The smallest absolute Gasteiger partial charge is 0.137 e. The van der Waals surface area contributed by atoms with E-state index in [1.807, 2.05) is 12.1 Å². The van der Waals surface area contributed by atoms with E-state index < -0.39 is 0 Å². The van der Waals surface area contributed by atoms with E-state index in [0.29, 0.717) is 12.2 Å². The van der Waals surface area contributed by atoms with E-state index in [-0.39, 0.29) is 0 Å². The van der Waals surface area contributed by atoms with Gasteiger partial charge in [-0.05, 0) is 24.1 Å². The van der Waals surface area contributed by atoms with Gasteiger partial charge in [0.05, 0.1) is 0 Å². The molecule has 0 N–H and O–H groups in total. The summed E-state index contributed by atoms with van der Waals surface area (Å²) in [5, 5.41) is 0. The largest absolute Gasteiger partial charge is 0.299 e. The standard InChI is InChI=1S/C13H19NO/c1-2-3-4-5-6-13(15)11-12-7-9-14-10-8-12/h7-10H,2-6,11H2,1H3. The third kappa shape index (κ3) is 5.31. The van der Waals surface area contributed by atoms with E-state index in [4.69, 9.17) is 0 Å². The van der Waals surface area contributed by atoms with Crippen LogP contribution in [0.25, 0.3) is 0 Å². The van der Waals surface area contributed by atoms with E-state index >= 15 is 0 Å². The fourth-order valence-corrected chi connectivity index (χ4v) is 1.57. The average Bonchev–Trinajstić information content (AvgIpc) is 2.26. The minimum absolute atomic E-state index is 0.345. The zero-order valence-electron chi connectivity index (χ0n) is 9.41. The number of nitrogens with zero attached hydrogens (tertiary/aromatic N) is 1. The van der Waals surface area contributed by atoms with Crippen molar-refractivity contribution in [3.8, 4) is 0 Å². The van der Waals surface area contributed by atoms with Crippen LogP contribution in [0.15, 0.2) is 24.5 Å². The zero-order valence-corrected chi connectivity index (χ0v) is 9.41. The first kappa shape index (κ1) is 11.9. The fraction of sp³-hybridized carbons (Fsp3) is 0.538. The van der Waals surface area contributed by atoms with Gasteiger partial charge in [0.25, 0.3) is 0 Å². The van der Waals surface area contributed by atoms with Crippen molar-refractivity contribution in [1.82, 2.24) is 4.98 Å². The van der Waals surface area contributed by atoms with Gasteiger partial charge < -0.3 is 0 Å². The van der Waals surface area contributed by atoms with Gasteiger partial charge in [0, 0.05) is 25.2 Å². The highest BCUT2D eigenvalue weighted by Crippen LogP contribution is 2.06. The Kier molecular flexibility index (Phi) is 5.67. The molecule has 0 amide bonds. The highest BCUT2D eigenvalue weighted by molar-refractivity contribution is 5.80. The first-order valence-corrected chi connectivity index (χ1v) is 5.73. The van der Waals surface area contributed by atoms with Crippen LogP contribution < -0.4 is 0 Å². The molecule has 0 bridgehead atoms. The van der Waals surface area contributed by atoms with Gasteiger partial charge in [-0.25, -0.2) is 0 Å². The van der Waals surface area contributed by atoms with Crippen molar-refractivity contribution in [2.75, 3.05) is 0 Å². The molecule has 0 aromatic carbocycles. The number of hydrogen-bond acceptors (Lipinski definition) is 2. The quantitative estimate of drug-likeness (QED) is 0.640. The van der Waals surface area contributed by atoms with Crippen molar-refractivity contribution in [1.29, 1.82) is 0 Å². The third-order valence-electron chi connectivity index (χ3n) is 2.46. The predicted octanol–water partition coefficient (Wildman–Crippen LogP) is 3.16. The van der Waals surface area contributed by atoms with Crippen LogP contribution in [-0.4, -0.2) is 10.8 Å². The Morgan fingerprint density at radius 1 is 1.20 bits per heavy atom. The van der Waals surface area contributed by atoms with Crippen LogP contribution in [0.2, 0.25) is 0 Å². The second-order valence-electron chi connectivity index (χ2n) is 3.88. The normalized spacial score (nSPS) is 10.2. The Balaban J connectivity index is 2.19. The van der Waals surface area contributed by atoms with Crippen molar-refractivity contribution in [2.45, 2.75) is 45.4 Å². The number of pyridine rings is 1. The molecule has 2 nitrogen and oxygen atoms in total. The van der Waals surface area contributed by atoms with Gasteiger partial charge in [0.1, 0.15) is 5.78 Å². The monoisotopic (exact) mass is 205 g/mol. The summed E-state index contributed by atoms with van der Waals surface area (Å²) in [6, 6.07) is 3.81. The van der Waals surface area contributed by atoms with E-state index in [2.05, 4.69) is 11.9 Å². The van der Waals surface area contributed by atoms with Gasteiger partial charge >= 0.3 is 0 Å². The van der Waals surface area contributed by atoms with Gasteiger partial charge in [-0.1, -0.05) is 26.2 Å². The lowest BCUT2D eigenvalue weighted by Gasteiger charge is -2.00. The average molecular weight is 205 g/mol. The van der Waals surface area contributed by atoms with Crippen molar-refractivity contribution in [3.63, 3.8) is 0 Å². The molecular formula is C13H19NO. The number of ketones is 1. The molecule has 1 aromatic rings. The van der Waals surface area contributed by atoms with Crippen LogP contribution in [-0.2, 0) is 11.2 Å². The maximum absolute atomic E-state index is 11.6. The first-order valence-electron chi connectivity index (χ1n) is 5.73. The maximum atomic E-state index is 11.6. The molecule has 1 heterocycles. The molecule has 0 saturated carbocycles. The van der Waals surface area contributed by atoms with Crippen molar-refractivity contribution in [2.24, 2.45) is 0 Å². The maximum Gasteiger partial charge on any atom is 0.137 e. The SMILES string of the molecule is CCCCCCC(=O)Cc1ccncc1. The van der Waals surface area contributed by atoms with E-state index in [9.17, 15) is 4.79 Å². The second kappa shape index (κ2) is 7.16. The summed E-state index contributed by atoms with van der Waals surface area (Å²) >= 11 is 0.